The quantitative estimate of drug-likeness (QED) is 0.364. The van der Waals surface area contributed by atoms with Crippen molar-refractivity contribution in [1.82, 2.24) is 10.6 Å². The minimum absolute atomic E-state index is 0. The highest BCUT2D eigenvalue weighted by Crippen LogP contribution is 2.10. The molecular formula is C17H24IN3O3S. The second-order valence-electron chi connectivity index (χ2n) is 5.37. The highest BCUT2D eigenvalue weighted by molar-refractivity contribution is 14.0. The van der Waals surface area contributed by atoms with Crippen LogP contribution < -0.4 is 10.6 Å². The fourth-order valence-electron chi connectivity index (χ4n) is 2.13. The Bertz CT molecular complexity index is 757. The van der Waals surface area contributed by atoms with Crippen LogP contribution in [0.5, 0.6) is 0 Å². The first-order chi connectivity index (χ1) is 11.5. The standard InChI is InChI=1S/C17H23N3O3S.HI/c1-3-18-17(20-13-15-5-4-12-23-15)19-11-10-14-6-8-16(9-7-14)24(2,21)22;/h4-9,12H,3,10-11,13H2,1-2H3,(H2,18,19,20);1H. The Morgan fingerprint density at radius 2 is 1.88 bits per heavy atom. The average molecular weight is 477 g/mol. The zero-order valence-corrected chi connectivity index (χ0v) is 17.5. The van der Waals surface area contributed by atoms with Gasteiger partial charge in [-0.3, -0.25) is 0 Å². The molecule has 0 unspecified atom stereocenters. The lowest BCUT2D eigenvalue weighted by atomic mass is 10.1. The van der Waals surface area contributed by atoms with Crippen molar-refractivity contribution in [3.05, 3.63) is 54.0 Å². The minimum Gasteiger partial charge on any atom is -0.467 e. The summed E-state index contributed by atoms with van der Waals surface area (Å²) in [5.74, 6) is 1.53. The summed E-state index contributed by atoms with van der Waals surface area (Å²) >= 11 is 0. The predicted molar refractivity (Wildman–Crippen MR) is 110 cm³/mol. The molecule has 8 heteroatoms. The molecule has 138 valence electrons. The summed E-state index contributed by atoms with van der Waals surface area (Å²) in [5.41, 5.74) is 1.07. The third kappa shape index (κ3) is 7.47. The van der Waals surface area contributed by atoms with Crippen molar-refractivity contribution in [2.45, 2.75) is 24.8 Å². The first-order valence-corrected chi connectivity index (χ1v) is 9.71. The number of benzene rings is 1. The van der Waals surface area contributed by atoms with Gasteiger partial charge in [0, 0.05) is 19.3 Å². The number of nitrogens with zero attached hydrogens (tertiary/aromatic N) is 1. The highest BCUT2D eigenvalue weighted by Gasteiger charge is 2.06. The van der Waals surface area contributed by atoms with Gasteiger partial charge in [-0.25, -0.2) is 13.4 Å². The molecule has 0 fully saturated rings. The third-order valence-corrected chi connectivity index (χ3v) is 4.50. The van der Waals surface area contributed by atoms with E-state index in [-0.39, 0.29) is 24.0 Å². The van der Waals surface area contributed by atoms with Crippen LogP contribution in [0.4, 0.5) is 0 Å². The largest absolute Gasteiger partial charge is 0.467 e. The number of furan rings is 1. The summed E-state index contributed by atoms with van der Waals surface area (Å²) in [6, 6.07) is 10.7. The number of hydrogen-bond acceptors (Lipinski definition) is 4. The molecule has 6 nitrogen and oxygen atoms in total. The smallest absolute Gasteiger partial charge is 0.191 e. The molecule has 0 bridgehead atoms. The van der Waals surface area contributed by atoms with Crippen LogP contribution in [0.2, 0.25) is 0 Å². The number of nitrogens with one attached hydrogen (secondary N) is 2. The van der Waals surface area contributed by atoms with E-state index in [1.807, 2.05) is 31.2 Å². The van der Waals surface area contributed by atoms with Gasteiger partial charge in [0.05, 0.1) is 11.2 Å². The molecule has 1 heterocycles. The first kappa shape index (κ1) is 21.5. The number of guanidine groups is 1. The van der Waals surface area contributed by atoms with E-state index < -0.39 is 9.84 Å². The van der Waals surface area contributed by atoms with Crippen molar-refractivity contribution in [2.75, 3.05) is 19.3 Å². The molecule has 0 radical (unpaired) electrons. The van der Waals surface area contributed by atoms with Crippen molar-refractivity contribution in [1.29, 1.82) is 0 Å². The van der Waals surface area contributed by atoms with E-state index in [0.29, 0.717) is 18.0 Å². The molecule has 0 aliphatic heterocycles. The van der Waals surface area contributed by atoms with Crippen LogP contribution >= 0.6 is 24.0 Å². The zero-order valence-electron chi connectivity index (χ0n) is 14.4. The van der Waals surface area contributed by atoms with E-state index in [9.17, 15) is 8.42 Å². The molecule has 0 amide bonds. The van der Waals surface area contributed by atoms with E-state index in [1.165, 1.54) is 6.26 Å². The number of rotatable bonds is 7. The van der Waals surface area contributed by atoms with Crippen LogP contribution in [-0.2, 0) is 22.8 Å². The number of hydrogen-bond donors (Lipinski definition) is 2. The van der Waals surface area contributed by atoms with Gasteiger partial charge < -0.3 is 15.1 Å². The molecule has 0 aliphatic rings. The van der Waals surface area contributed by atoms with Crippen LogP contribution in [-0.4, -0.2) is 33.7 Å². The van der Waals surface area contributed by atoms with Gasteiger partial charge in [0.1, 0.15) is 12.3 Å². The van der Waals surface area contributed by atoms with Gasteiger partial charge in [-0.15, -0.1) is 24.0 Å². The molecule has 0 aliphatic carbocycles. The monoisotopic (exact) mass is 477 g/mol. The maximum absolute atomic E-state index is 11.4. The van der Waals surface area contributed by atoms with E-state index in [4.69, 9.17) is 4.42 Å². The third-order valence-electron chi connectivity index (χ3n) is 3.37. The molecular weight excluding hydrogens is 453 g/mol. The van der Waals surface area contributed by atoms with Gasteiger partial charge in [-0.2, -0.15) is 0 Å². The molecule has 2 rings (SSSR count). The number of sulfone groups is 1. The second-order valence-corrected chi connectivity index (χ2v) is 7.38. The number of halogens is 1. The number of aliphatic imine (C=N–C) groups is 1. The van der Waals surface area contributed by atoms with Crippen LogP contribution in [0, 0.1) is 0 Å². The average Bonchev–Trinajstić information content (AvgIpc) is 3.05. The molecule has 2 N–H and O–H groups in total. The van der Waals surface area contributed by atoms with Crippen molar-refractivity contribution >= 4 is 39.8 Å². The van der Waals surface area contributed by atoms with E-state index in [2.05, 4.69) is 15.6 Å². The molecule has 25 heavy (non-hydrogen) atoms. The Kier molecular flexibility index (Phi) is 8.98. The summed E-state index contributed by atoms with van der Waals surface area (Å²) in [6.07, 6.45) is 3.61. The summed E-state index contributed by atoms with van der Waals surface area (Å²) in [6.45, 7) is 3.95. The van der Waals surface area contributed by atoms with E-state index in [1.54, 1.807) is 18.4 Å². The summed E-state index contributed by atoms with van der Waals surface area (Å²) < 4.78 is 28.2. The Labute approximate surface area is 166 Å². The Hall–Kier alpha value is -1.55. The first-order valence-electron chi connectivity index (χ1n) is 7.82. The fourth-order valence-corrected chi connectivity index (χ4v) is 2.76. The Morgan fingerprint density at radius 3 is 2.44 bits per heavy atom. The van der Waals surface area contributed by atoms with E-state index >= 15 is 0 Å². The van der Waals surface area contributed by atoms with Gasteiger partial charge >= 0.3 is 0 Å². The van der Waals surface area contributed by atoms with Gasteiger partial charge in [0.2, 0.25) is 0 Å². The lowest BCUT2D eigenvalue weighted by Gasteiger charge is -2.11. The summed E-state index contributed by atoms with van der Waals surface area (Å²) in [4.78, 5) is 4.80. The molecule has 0 atom stereocenters. The highest BCUT2D eigenvalue weighted by atomic mass is 127. The molecule has 0 saturated heterocycles. The predicted octanol–water partition coefficient (Wildman–Crippen LogP) is 2.60. The Morgan fingerprint density at radius 1 is 1.16 bits per heavy atom. The van der Waals surface area contributed by atoms with Crippen molar-refractivity contribution in [3.8, 4) is 0 Å². The maximum Gasteiger partial charge on any atom is 0.191 e. The minimum atomic E-state index is -3.14. The molecule has 2 aromatic rings. The van der Waals surface area contributed by atoms with Crippen LogP contribution in [0.1, 0.15) is 18.2 Å². The summed E-state index contributed by atoms with van der Waals surface area (Å²) in [5, 5.41) is 6.43. The van der Waals surface area contributed by atoms with Gasteiger partial charge in [0.15, 0.2) is 15.8 Å². The molecule has 0 spiro atoms. The van der Waals surface area contributed by atoms with Crippen LogP contribution in [0.25, 0.3) is 0 Å². The van der Waals surface area contributed by atoms with Crippen molar-refractivity contribution in [3.63, 3.8) is 0 Å². The van der Waals surface area contributed by atoms with Gasteiger partial charge in [-0.05, 0) is 43.2 Å². The normalized spacial score (nSPS) is 11.7. The van der Waals surface area contributed by atoms with Crippen molar-refractivity contribution < 1.29 is 12.8 Å². The van der Waals surface area contributed by atoms with Crippen LogP contribution in [0.15, 0.2) is 57.0 Å². The lowest BCUT2D eigenvalue weighted by Crippen LogP contribution is -2.38. The maximum atomic E-state index is 11.4. The Balaban J connectivity index is 0.00000312. The van der Waals surface area contributed by atoms with E-state index in [0.717, 1.165) is 30.2 Å². The fraction of sp³-hybridized carbons (Fsp3) is 0.353. The molecule has 1 aromatic heterocycles. The SMILES string of the molecule is CCNC(=NCc1ccco1)NCCc1ccc(S(C)(=O)=O)cc1.I. The zero-order chi connectivity index (χ0) is 17.4. The van der Waals surface area contributed by atoms with Gasteiger partial charge in [0.25, 0.3) is 0 Å². The lowest BCUT2D eigenvalue weighted by molar-refractivity contribution is 0.512. The molecule has 0 saturated carbocycles. The topological polar surface area (TPSA) is 83.7 Å². The summed E-state index contributed by atoms with van der Waals surface area (Å²) in [7, 11) is -3.14. The van der Waals surface area contributed by atoms with Crippen molar-refractivity contribution in [2.24, 2.45) is 4.99 Å². The van der Waals surface area contributed by atoms with Crippen LogP contribution in [0.3, 0.4) is 0 Å². The molecule has 1 aromatic carbocycles. The van der Waals surface area contributed by atoms with Gasteiger partial charge in [-0.1, -0.05) is 12.1 Å². The second kappa shape index (κ2) is 10.4.